The van der Waals surface area contributed by atoms with Crippen LogP contribution in [0.2, 0.25) is 5.02 Å². The summed E-state index contributed by atoms with van der Waals surface area (Å²) in [5.41, 5.74) is 2.48. The molecule has 0 radical (unpaired) electrons. The number of alkyl halides is 1. The molecule has 3 rings (SSSR count). The maximum Gasteiger partial charge on any atom is 0.193 e. The molecule has 1 aromatic carbocycles. The van der Waals surface area contributed by atoms with Gasteiger partial charge in [0.25, 0.3) is 0 Å². The van der Waals surface area contributed by atoms with E-state index in [1.165, 1.54) is 5.56 Å². The predicted octanol–water partition coefficient (Wildman–Crippen LogP) is 4.85. The second-order valence-corrected chi connectivity index (χ2v) is 6.84. The molecule has 0 bridgehead atoms. The monoisotopic (exact) mass is 368 g/mol. The summed E-state index contributed by atoms with van der Waals surface area (Å²) in [6, 6.07) is 8.11. The van der Waals surface area contributed by atoms with E-state index in [-0.39, 0.29) is 0 Å². The lowest BCUT2D eigenvalue weighted by Gasteiger charge is -2.12. The molecule has 3 aromatic rings. The summed E-state index contributed by atoms with van der Waals surface area (Å²) < 4.78 is 2.09. The first-order valence-electron chi connectivity index (χ1n) is 6.46. The minimum Gasteiger partial charge on any atom is -0.297 e. The Kier molecular flexibility index (Phi) is 4.44. The van der Waals surface area contributed by atoms with Crippen molar-refractivity contribution < 1.29 is 0 Å². The lowest BCUT2D eigenvalue weighted by molar-refractivity contribution is 0.584. The second-order valence-electron chi connectivity index (χ2n) is 4.88. The van der Waals surface area contributed by atoms with Crippen LogP contribution in [0.15, 0.2) is 42.0 Å². The zero-order chi connectivity index (χ0) is 13.9. The average Bonchev–Trinajstić information content (AvgIpc) is 3.01. The summed E-state index contributed by atoms with van der Waals surface area (Å²) in [4.78, 5) is 5.73. The molecule has 20 heavy (non-hydrogen) atoms. The Hall–Kier alpha value is -0.840. The lowest BCUT2D eigenvalue weighted by Crippen LogP contribution is -2.10. The number of hydrogen-bond acceptors (Lipinski definition) is 2. The number of rotatable bonds is 5. The first-order chi connectivity index (χ1) is 9.74. The summed E-state index contributed by atoms with van der Waals surface area (Å²) in [7, 11) is 0. The molecule has 0 saturated carbocycles. The molecule has 0 amide bonds. The van der Waals surface area contributed by atoms with Gasteiger partial charge in [0.05, 0.1) is 5.69 Å². The molecular formula is C15H14BrClN2S. The van der Waals surface area contributed by atoms with Crippen LogP contribution in [0.1, 0.15) is 11.3 Å². The van der Waals surface area contributed by atoms with Gasteiger partial charge >= 0.3 is 0 Å². The Morgan fingerprint density at radius 3 is 2.75 bits per heavy atom. The van der Waals surface area contributed by atoms with E-state index >= 15 is 0 Å². The van der Waals surface area contributed by atoms with Crippen molar-refractivity contribution in [2.45, 2.75) is 12.8 Å². The molecule has 2 nitrogen and oxygen atoms in total. The predicted molar refractivity (Wildman–Crippen MR) is 89.2 cm³/mol. The van der Waals surface area contributed by atoms with Gasteiger partial charge < -0.3 is 0 Å². The molecule has 104 valence electrons. The molecule has 0 N–H and O–H groups in total. The van der Waals surface area contributed by atoms with Gasteiger partial charge in [0, 0.05) is 28.1 Å². The Bertz CT molecular complexity index is 661. The SMILES string of the molecule is Clc1ccc(CC(CBr)Cc2cn3ccsc3n2)cc1. The standard InChI is InChI=1S/C15H14BrClN2S/c16-9-12(7-11-1-3-13(17)4-2-11)8-14-10-19-5-6-20-15(19)18-14/h1-6,10,12H,7-9H2. The van der Waals surface area contributed by atoms with Crippen LogP contribution < -0.4 is 0 Å². The van der Waals surface area contributed by atoms with Crippen molar-refractivity contribution in [1.82, 2.24) is 9.38 Å². The van der Waals surface area contributed by atoms with Gasteiger partial charge in [0.1, 0.15) is 0 Å². The van der Waals surface area contributed by atoms with E-state index in [9.17, 15) is 0 Å². The Morgan fingerprint density at radius 2 is 2.05 bits per heavy atom. The van der Waals surface area contributed by atoms with Gasteiger partial charge in [-0.2, -0.15) is 0 Å². The quantitative estimate of drug-likeness (QED) is 0.588. The summed E-state index contributed by atoms with van der Waals surface area (Å²) >= 11 is 11.2. The highest BCUT2D eigenvalue weighted by Crippen LogP contribution is 2.20. The maximum atomic E-state index is 5.92. The number of hydrogen-bond donors (Lipinski definition) is 0. The zero-order valence-electron chi connectivity index (χ0n) is 10.8. The van der Waals surface area contributed by atoms with Crippen LogP contribution in [0.4, 0.5) is 0 Å². The fourth-order valence-corrected chi connectivity index (χ4v) is 3.61. The zero-order valence-corrected chi connectivity index (χ0v) is 14.0. The molecule has 1 atom stereocenters. The van der Waals surface area contributed by atoms with E-state index in [0.29, 0.717) is 5.92 Å². The fourth-order valence-electron chi connectivity index (χ4n) is 2.31. The molecule has 0 saturated heterocycles. The molecule has 0 aliphatic rings. The summed E-state index contributed by atoms with van der Waals surface area (Å²) in [5.74, 6) is 0.542. The molecule has 2 heterocycles. The van der Waals surface area contributed by atoms with Gasteiger partial charge in [-0.15, -0.1) is 11.3 Å². The first kappa shape index (κ1) is 14.1. The van der Waals surface area contributed by atoms with Gasteiger partial charge in [-0.25, -0.2) is 4.98 Å². The van der Waals surface area contributed by atoms with Gasteiger partial charge in [-0.3, -0.25) is 4.40 Å². The number of benzene rings is 1. The van der Waals surface area contributed by atoms with Gasteiger partial charge in [-0.05, 0) is 36.5 Å². The van der Waals surface area contributed by atoms with Gasteiger partial charge in [0.15, 0.2) is 4.96 Å². The maximum absolute atomic E-state index is 5.92. The van der Waals surface area contributed by atoms with Gasteiger partial charge in [0.2, 0.25) is 0 Å². The average molecular weight is 370 g/mol. The van der Waals surface area contributed by atoms with Crippen LogP contribution in [-0.2, 0) is 12.8 Å². The normalized spacial score (nSPS) is 12.9. The van der Waals surface area contributed by atoms with Crippen LogP contribution in [0.3, 0.4) is 0 Å². The number of aromatic nitrogens is 2. The van der Waals surface area contributed by atoms with Crippen molar-refractivity contribution in [2.75, 3.05) is 5.33 Å². The Balaban J connectivity index is 1.70. The number of thiazole rings is 1. The van der Waals surface area contributed by atoms with Crippen molar-refractivity contribution in [1.29, 1.82) is 0 Å². The van der Waals surface area contributed by atoms with E-state index in [1.807, 2.05) is 12.1 Å². The number of imidazole rings is 1. The molecule has 0 aliphatic carbocycles. The largest absolute Gasteiger partial charge is 0.297 e. The Morgan fingerprint density at radius 1 is 1.25 bits per heavy atom. The molecular weight excluding hydrogens is 356 g/mol. The van der Waals surface area contributed by atoms with Crippen molar-refractivity contribution in [2.24, 2.45) is 5.92 Å². The summed E-state index contributed by atoms with van der Waals surface area (Å²) in [6.07, 6.45) is 6.21. The van der Waals surface area contributed by atoms with Crippen LogP contribution in [0, 0.1) is 5.92 Å². The van der Waals surface area contributed by atoms with E-state index in [1.54, 1.807) is 11.3 Å². The van der Waals surface area contributed by atoms with E-state index in [4.69, 9.17) is 11.6 Å². The van der Waals surface area contributed by atoms with Crippen molar-refractivity contribution in [3.63, 3.8) is 0 Å². The molecule has 2 aromatic heterocycles. The molecule has 0 fully saturated rings. The van der Waals surface area contributed by atoms with Crippen LogP contribution in [0.5, 0.6) is 0 Å². The van der Waals surface area contributed by atoms with Crippen molar-refractivity contribution >= 4 is 43.8 Å². The highest BCUT2D eigenvalue weighted by atomic mass is 79.9. The first-order valence-corrected chi connectivity index (χ1v) is 8.84. The van der Waals surface area contributed by atoms with Gasteiger partial charge in [-0.1, -0.05) is 39.7 Å². The third-order valence-electron chi connectivity index (χ3n) is 3.30. The second kappa shape index (κ2) is 6.29. The third-order valence-corrected chi connectivity index (χ3v) is 5.24. The number of fused-ring (bicyclic) bond motifs is 1. The number of halogens is 2. The van der Waals surface area contributed by atoms with Crippen LogP contribution >= 0.6 is 38.9 Å². The minimum absolute atomic E-state index is 0.542. The fraction of sp³-hybridized carbons (Fsp3) is 0.267. The highest BCUT2D eigenvalue weighted by Gasteiger charge is 2.12. The van der Waals surface area contributed by atoms with E-state index in [2.05, 4.69) is 55.2 Å². The van der Waals surface area contributed by atoms with Crippen molar-refractivity contribution in [3.8, 4) is 0 Å². The summed E-state index contributed by atoms with van der Waals surface area (Å²) in [6.45, 7) is 0. The smallest absolute Gasteiger partial charge is 0.193 e. The third kappa shape index (κ3) is 3.25. The molecule has 1 unspecified atom stereocenters. The van der Waals surface area contributed by atoms with E-state index < -0.39 is 0 Å². The van der Waals surface area contributed by atoms with Crippen LogP contribution in [0.25, 0.3) is 4.96 Å². The Labute approximate surface area is 135 Å². The molecule has 0 aliphatic heterocycles. The topological polar surface area (TPSA) is 17.3 Å². The highest BCUT2D eigenvalue weighted by molar-refractivity contribution is 9.09. The summed E-state index contributed by atoms with van der Waals surface area (Å²) in [5, 5.41) is 3.82. The molecule has 0 spiro atoms. The minimum atomic E-state index is 0.542. The van der Waals surface area contributed by atoms with E-state index in [0.717, 1.165) is 33.8 Å². The van der Waals surface area contributed by atoms with Crippen molar-refractivity contribution in [3.05, 3.63) is 58.3 Å². The number of nitrogens with zero attached hydrogens (tertiary/aromatic N) is 2. The molecule has 5 heteroatoms. The van der Waals surface area contributed by atoms with Crippen LogP contribution in [-0.4, -0.2) is 14.7 Å². The lowest BCUT2D eigenvalue weighted by atomic mass is 9.97.